The van der Waals surface area contributed by atoms with E-state index in [0.29, 0.717) is 23.6 Å². The van der Waals surface area contributed by atoms with Crippen molar-refractivity contribution in [2.24, 2.45) is 0 Å². The van der Waals surface area contributed by atoms with E-state index in [1.54, 1.807) is 30.8 Å². The molecule has 0 unspecified atom stereocenters. The van der Waals surface area contributed by atoms with Gasteiger partial charge in [-0.3, -0.25) is 0 Å². The van der Waals surface area contributed by atoms with E-state index in [-0.39, 0.29) is 24.2 Å². The van der Waals surface area contributed by atoms with Crippen molar-refractivity contribution in [1.82, 2.24) is 9.78 Å². The van der Waals surface area contributed by atoms with Crippen LogP contribution >= 0.6 is 0 Å². The highest BCUT2D eigenvalue weighted by Crippen LogP contribution is 2.42. The standard InChI is InChI=1S/C24H25FN2O4/c1-5-30-24(28)22-18-11-6-15-12-20(29-4)21(31-14(2)3)13-19(15)23(18)27(26-22)17-9-7-16(25)8-10-17/h7-10,12-14H,5-6,11H2,1-4H3. The molecule has 7 heteroatoms. The van der Waals surface area contributed by atoms with Gasteiger partial charge in [0.25, 0.3) is 0 Å². The number of nitrogens with zero attached hydrogens (tertiary/aromatic N) is 2. The Morgan fingerprint density at radius 3 is 2.55 bits per heavy atom. The molecule has 4 rings (SSSR count). The Morgan fingerprint density at radius 2 is 1.90 bits per heavy atom. The Balaban J connectivity index is 1.95. The summed E-state index contributed by atoms with van der Waals surface area (Å²) in [5.74, 6) is 0.478. The predicted octanol–water partition coefficient (Wildman–Crippen LogP) is 4.75. The van der Waals surface area contributed by atoms with Crippen LogP contribution in [0.2, 0.25) is 0 Å². The molecular formula is C24H25FN2O4. The number of benzene rings is 2. The summed E-state index contributed by atoms with van der Waals surface area (Å²) in [5.41, 5.74) is 4.52. The highest BCUT2D eigenvalue weighted by Gasteiger charge is 2.31. The molecule has 0 N–H and O–H groups in total. The number of methoxy groups -OCH3 is 1. The van der Waals surface area contributed by atoms with Crippen LogP contribution in [-0.4, -0.2) is 35.6 Å². The Kier molecular flexibility index (Phi) is 5.67. The van der Waals surface area contributed by atoms with Crippen LogP contribution < -0.4 is 9.47 Å². The number of fused-ring (bicyclic) bond motifs is 3. The number of esters is 1. The van der Waals surface area contributed by atoms with Crippen LogP contribution in [0.4, 0.5) is 4.39 Å². The average Bonchev–Trinajstić information content (AvgIpc) is 3.14. The van der Waals surface area contributed by atoms with Gasteiger partial charge < -0.3 is 14.2 Å². The lowest BCUT2D eigenvalue weighted by Gasteiger charge is -2.22. The van der Waals surface area contributed by atoms with E-state index in [0.717, 1.165) is 28.8 Å². The maximum absolute atomic E-state index is 13.5. The fraction of sp³-hybridized carbons (Fsp3) is 0.333. The number of rotatable bonds is 6. The quantitative estimate of drug-likeness (QED) is 0.535. The molecule has 162 valence electrons. The molecule has 1 aromatic heterocycles. The number of halogens is 1. The van der Waals surface area contributed by atoms with Gasteiger partial charge in [-0.2, -0.15) is 5.10 Å². The molecule has 0 atom stereocenters. The first-order chi connectivity index (χ1) is 14.9. The lowest BCUT2D eigenvalue weighted by molar-refractivity contribution is 0.0517. The second kappa shape index (κ2) is 8.41. The topological polar surface area (TPSA) is 62.6 Å². The van der Waals surface area contributed by atoms with E-state index in [1.165, 1.54) is 12.1 Å². The van der Waals surface area contributed by atoms with E-state index in [9.17, 15) is 9.18 Å². The van der Waals surface area contributed by atoms with Crippen molar-refractivity contribution in [2.45, 2.75) is 39.7 Å². The summed E-state index contributed by atoms with van der Waals surface area (Å²) in [6.07, 6.45) is 1.32. The lowest BCUT2D eigenvalue weighted by Crippen LogP contribution is -2.12. The van der Waals surface area contributed by atoms with Gasteiger partial charge in [0, 0.05) is 11.1 Å². The van der Waals surface area contributed by atoms with Crippen molar-refractivity contribution in [3.8, 4) is 28.4 Å². The molecule has 0 amide bonds. The van der Waals surface area contributed by atoms with Crippen molar-refractivity contribution in [3.63, 3.8) is 0 Å². The van der Waals surface area contributed by atoms with Gasteiger partial charge in [0.15, 0.2) is 17.2 Å². The molecule has 3 aromatic rings. The monoisotopic (exact) mass is 424 g/mol. The van der Waals surface area contributed by atoms with Crippen LogP contribution in [0, 0.1) is 5.82 Å². The normalized spacial score (nSPS) is 12.3. The molecule has 0 fully saturated rings. The summed E-state index contributed by atoms with van der Waals surface area (Å²) < 4.78 is 32.0. The number of carbonyl (C=O) groups is 1. The smallest absolute Gasteiger partial charge is 0.359 e. The average molecular weight is 424 g/mol. The summed E-state index contributed by atoms with van der Waals surface area (Å²) in [6, 6.07) is 9.93. The SMILES string of the molecule is CCOC(=O)c1nn(-c2ccc(F)cc2)c2c1CCc1cc(OC)c(OC(C)C)cc1-2. The van der Waals surface area contributed by atoms with Crippen molar-refractivity contribution < 1.29 is 23.4 Å². The molecule has 0 bridgehead atoms. The Bertz CT molecular complexity index is 1120. The van der Waals surface area contributed by atoms with Crippen molar-refractivity contribution in [2.75, 3.05) is 13.7 Å². The maximum atomic E-state index is 13.5. The molecular weight excluding hydrogens is 399 g/mol. The fourth-order valence-electron chi connectivity index (χ4n) is 3.89. The molecule has 0 spiro atoms. The zero-order valence-electron chi connectivity index (χ0n) is 18.1. The maximum Gasteiger partial charge on any atom is 0.359 e. The minimum atomic E-state index is -0.463. The van der Waals surface area contributed by atoms with Gasteiger partial charge in [0.05, 0.1) is 31.2 Å². The molecule has 0 radical (unpaired) electrons. The van der Waals surface area contributed by atoms with Gasteiger partial charge in [-0.25, -0.2) is 13.9 Å². The van der Waals surface area contributed by atoms with Gasteiger partial charge in [-0.05, 0) is 75.6 Å². The number of hydrogen-bond donors (Lipinski definition) is 0. The molecule has 1 aliphatic rings. The molecule has 0 saturated heterocycles. The van der Waals surface area contributed by atoms with Crippen LogP contribution in [0.1, 0.15) is 42.4 Å². The number of aryl methyl sites for hydroxylation is 1. The van der Waals surface area contributed by atoms with Crippen molar-refractivity contribution >= 4 is 5.97 Å². The summed E-state index contributed by atoms with van der Waals surface area (Å²) in [6.45, 7) is 5.92. The van der Waals surface area contributed by atoms with Crippen molar-refractivity contribution in [1.29, 1.82) is 0 Å². The first kappa shape index (κ1) is 20.9. The van der Waals surface area contributed by atoms with Gasteiger partial charge in [0.1, 0.15) is 5.82 Å². The minimum absolute atomic E-state index is 0.0351. The van der Waals surface area contributed by atoms with Gasteiger partial charge in [0.2, 0.25) is 0 Å². The largest absolute Gasteiger partial charge is 0.493 e. The number of hydrogen-bond acceptors (Lipinski definition) is 5. The van der Waals surface area contributed by atoms with Crippen LogP contribution in [0.25, 0.3) is 16.9 Å². The summed E-state index contributed by atoms with van der Waals surface area (Å²) >= 11 is 0. The number of carbonyl (C=O) groups excluding carboxylic acids is 1. The third-order valence-electron chi connectivity index (χ3n) is 5.18. The molecule has 6 nitrogen and oxygen atoms in total. The van der Waals surface area contributed by atoms with Crippen LogP contribution in [0.3, 0.4) is 0 Å². The Hall–Kier alpha value is -3.35. The summed E-state index contributed by atoms with van der Waals surface area (Å²) in [7, 11) is 1.62. The van der Waals surface area contributed by atoms with E-state index in [4.69, 9.17) is 14.2 Å². The van der Waals surface area contributed by atoms with E-state index >= 15 is 0 Å². The first-order valence-electron chi connectivity index (χ1n) is 10.4. The van der Waals surface area contributed by atoms with E-state index in [2.05, 4.69) is 5.10 Å². The van der Waals surface area contributed by atoms with Gasteiger partial charge >= 0.3 is 5.97 Å². The number of aromatic nitrogens is 2. The van der Waals surface area contributed by atoms with Crippen LogP contribution in [-0.2, 0) is 17.6 Å². The molecule has 31 heavy (non-hydrogen) atoms. The van der Waals surface area contributed by atoms with E-state index in [1.807, 2.05) is 26.0 Å². The zero-order chi connectivity index (χ0) is 22.1. The predicted molar refractivity (Wildman–Crippen MR) is 115 cm³/mol. The molecule has 0 saturated carbocycles. The first-order valence-corrected chi connectivity index (χ1v) is 10.4. The zero-order valence-corrected chi connectivity index (χ0v) is 18.1. The highest BCUT2D eigenvalue weighted by molar-refractivity contribution is 5.92. The molecule has 2 aromatic carbocycles. The Labute approximate surface area is 180 Å². The third kappa shape index (κ3) is 3.87. The van der Waals surface area contributed by atoms with Gasteiger partial charge in [-0.1, -0.05) is 0 Å². The van der Waals surface area contributed by atoms with Crippen molar-refractivity contribution in [3.05, 3.63) is 59.0 Å². The second-order valence-corrected chi connectivity index (χ2v) is 7.61. The number of ether oxygens (including phenoxy) is 3. The Morgan fingerprint density at radius 1 is 1.16 bits per heavy atom. The van der Waals surface area contributed by atoms with E-state index < -0.39 is 5.97 Å². The fourth-order valence-corrected chi connectivity index (χ4v) is 3.89. The molecule has 1 heterocycles. The van der Waals surface area contributed by atoms with Crippen LogP contribution in [0.5, 0.6) is 11.5 Å². The molecule has 1 aliphatic carbocycles. The van der Waals surface area contributed by atoms with Crippen LogP contribution in [0.15, 0.2) is 36.4 Å². The molecule has 0 aliphatic heterocycles. The lowest BCUT2D eigenvalue weighted by atomic mass is 9.88. The second-order valence-electron chi connectivity index (χ2n) is 7.61. The third-order valence-corrected chi connectivity index (χ3v) is 5.18. The minimum Gasteiger partial charge on any atom is -0.493 e. The van der Waals surface area contributed by atoms with Gasteiger partial charge in [-0.15, -0.1) is 0 Å². The summed E-state index contributed by atoms with van der Waals surface area (Å²) in [5, 5.41) is 4.59. The summed E-state index contributed by atoms with van der Waals surface area (Å²) in [4.78, 5) is 12.6. The highest BCUT2D eigenvalue weighted by atomic mass is 19.1.